The summed E-state index contributed by atoms with van der Waals surface area (Å²) in [6, 6.07) is 44.8. The molecule has 0 N–H and O–H groups in total. The number of piperazine rings is 1. The summed E-state index contributed by atoms with van der Waals surface area (Å²) in [5.74, 6) is 3.78. The summed E-state index contributed by atoms with van der Waals surface area (Å²) in [6.07, 6.45) is 7.99. The molecule has 0 radical (unpaired) electrons. The van der Waals surface area contributed by atoms with Gasteiger partial charge in [0, 0.05) is 95.7 Å². The Bertz CT molecular complexity index is 2500. The lowest BCUT2D eigenvalue weighted by molar-refractivity contribution is 0.134. The summed E-state index contributed by atoms with van der Waals surface area (Å²) in [6.45, 7) is 17.1. The zero-order valence-corrected chi connectivity index (χ0v) is 44.0. The molecule has 1 unspecified atom stereocenters. The summed E-state index contributed by atoms with van der Waals surface area (Å²) >= 11 is 0. The van der Waals surface area contributed by atoms with Gasteiger partial charge >= 0.3 is 0 Å². The summed E-state index contributed by atoms with van der Waals surface area (Å²) in [5, 5.41) is 0. The maximum absolute atomic E-state index is 12.0. The Hall–Kier alpha value is -5.03. The van der Waals surface area contributed by atoms with Crippen molar-refractivity contribution in [3.05, 3.63) is 144 Å². The number of piperidine rings is 1. The Morgan fingerprint density at radius 3 is 1.43 bits per heavy atom. The first-order valence-electron chi connectivity index (χ1n) is 25.8. The Morgan fingerprint density at radius 1 is 0.536 bits per heavy atom. The fourth-order valence-electron chi connectivity index (χ4n) is 11.4. The van der Waals surface area contributed by atoms with Gasteiger partial charge in [-0.1, -0.05) is 89.1 Å². The normalized spacial score (nSPS) is 19.4. The maximum Gasteiger partial charge on any atom is 0.211 e. The monoisotopic (exact) mass is 953 g/mol. The van der Waals surface area contributed by atoms with Gasteiger partial charge in [0.2, 0.25) is 10.0 Å². The third-order valence-corrected chi connectivity index (χ3v) is 18.0. The van der Waals surface area contributed by atoms with Gasteiger partial charge in [0.15, 0.2) is 0 Å². The van der Waals surface area contributed by atoms with Crippen molar-refractivity contribution < 1.29 is 13.2 Å². The van der Waals surface area contributed by atoms with Crippen LogP contribution in [0.2, 0.25) is 0 Å². The molecule has 1 spiro atoms. The van der Waals surface area contributed by atoms with E-state index in [4.69, 9.17) is 4.74 Å². The minimum Gasteiger partial charge on any atom is -0.457 e. The van der Waals surface area contributed by atoms with Crippen molar-refractivity contribution in [2.24, 2.45) is 11.3 Å². The molecule has 2 aliphatic heterocycles. The number of benzene rings is 5. The van der Waals surface area contributed by atoms with Gasteiger partial charge in [-0.2, -0.15) is 4.31 Å². The minimum absolute atomic E-state index is 0.321. The number of sulfonamides is 1. The van der Waals surface area contributed by atoms with Gasteiger partial charge in [0.05, 0.1) is 6.26 Å². The maximum atomic E-state index is 12.0. The second-order valence-corrected chi connectivity index (χ2v) is 23.3. The van der Waals surface area contributed by atoms with Crippen LogP contribution in [0.3, 0.4) is 0 Å². The van der Waals surface area contributed by atoms with Crippen molar-refractivity contribution >= 4 is 32.8 Å². The third-order valence-electron chi connectivity index (χ3n) is 16.7. The Kier molecular flexibility index (Phi) is 16.0. The van der Waals surface area contributed by atoms with Crippen LogP contribution in [0, 0.1) is 11.3 Å². The van der Waals surface area contributed by atoms with E-state index in [1.807, 2.05) is 0 Å². The SMILES string of the molecule is C[C@H](c1ccc(Oc2ccc(N(C)CC3CN(c4ccc([C@H](C)[C@H](C)c5ccc(N(C)CCN(C)C)cc5)cc4)CCC34CCCC4)cc2)cc1)[C@@H](C)c1ccc(N2CCN(S(C)(=O)=O)CC2)cc1. The summed E-state index contributed by atoms with van der Waals surface area (Å²) in [4.78, 5) is 12.0. The van der Waals surface area contributed by atoms with Gasteiger partial charge in [-0.3, -0.25) is 0 Å². The third kappa shape index (κ3) is 12.1. The number of nitrogens with zero attached hydrogens (tertiary/aromatic N) is 6. The minimum atomic E-state index is -3.14. The fourth-order valence-corrected chi connectivity index (χ4v) is 12.3. The molecule has 0 aromatic heterocycles. The van der Waals surface area contributed by atoms with Crippen LogP contribution in [-0.4, -0.2) is 111 Å². The molecule has 3 aliphatic rings. The lowest BCUT2D eigenvalue weighted by Crippen LogP contribution is -2.50. The fraction of sp³-hybridized carbons (Fsp3) is 0.492. The van der Waals surface area contributed by atoms with Crippen LogP contribution in [0.4, 0.5) is 22.7 Å². The summed E-state index contributed by atoms with van der Waals surface area (Å²) in [7, 11) is 5.57. The molecule has 9 nitrogen and oxygen atoms in total. The highest BCUT2D eigenvalue weighted by atomic mass is 32.2. The van der Waals surface area contributed by atoms with Crippen LogP contribution >= 0.6 is 0 Å². The van der Waals surface area contributed by atoms with Gasteiger partial charge in [-0.05, 0) is 163 Å². The van der Waals surface area contributed by atoms with Crippen LogP contribution in [0.5, 0.6) is 11.5 Å². The van der Waals surface area contributed by atoms with E-state index in [2.05, 4.69) is 202 Å². The first-order valence-corrected chi connectivity index (χ1v) is 27.6. The lowest BCUT2D eigenvalue weighted by atomic mass is 9.68. The Morgan fingerprint density at radius 2 is 0.957 bits per heavy atom. The molecule has 370 valence electrons. The molecular formula is C59H80N6O3S. The number of hydrogen-bond donors (Lipinski definition) is 0. The molecular weight excluding hydrogens is 873 g/mol. The van der Waals surface area contributed by atoms with E-state index in [1.54, 1.807) is 4.31 Å². The second kappa shape index (κ2) is 21.9. The Balaban J connectivity index is 0.837. The first-order chi connectivity index (χ1) is 33.1. The number of rotatable bonds is 18. The van der Waals surface area contributed by atoms with E-state index in [0.29, 0.717) is 61.2 Å². The zero-order chi connectivity index (χ0) is 48.9. The molecule has 0 amide bonds. The standard InChI is InChI=1S/C59H80N6O3S/c1-44(48-12-20-53(21-13-48)61(7)37-36-60(5)6)45(2)50-16-24-56(25-17-50)64-35-34-59(32-10-11-33-59)52(43-64)42-62(8)54-26-30-58(31-27-54)68-57-28-18-51(19-29-57)47(4)46(3)49-14-22-55(23-15-49)63-38-40-65(41-39-63)69(9,66)67/h12-31,44-47,52H,10-11,32-43H2,1-9H3/t44-,45+,46+,47-,52?/m0/s1. The largest absolute Gasteiger partial charge is 0.457 e. The summed E-state index contributed by atoms with van der Waals surface area (Å²) in [5.41, 5.74) is 10.8. The van der Waals surface area contributed by atoms with Crippen LogP contribution < -0.4 is 24.3 Å². The van der Waals surface area contributed by atoms with Crippen LogP contribution in [0.1, 0.15) is 106 Å². The van der Waals surface area contributed by atoms with Crippen LogP contribution in [-0.2, 0) is 10.0 Å². The van der Waals surface area contributed by atoms with Gasteiger partial charge < -0.3 is 29.2 Å². The first kappa shape index (κ1) is 50.4. The predicted molar refractivity (Wildman–Crippen MR) is 291 cm³/mol. The number of ether oxygens (including phenoxy) is 1. The molecule has 69 heavy (non-hydrogen) atoms. The molecule has 2 heterocycles. The van der Waals surface area contributed by atoms with Crippen molar-refractivity contribution in [3.8, 4) is 11.5 Å². The van der Waals surface area contributed by atoms with Crippen molar-refractivity contribution in [2.45, 2.75) is 83.5 Å². The molecule has 5 aromatic rings. The average molecular weight is 953 g/mol. The van der Waals surface area contributed by atoms with E-state index in [0.717, 1.165) is 49.9 Å². The number of anilines is 4. The molecule has 2 saturated heterocycles. The topological polar surface area (TPSA) is 62.8 Å². The van der Waals surface area contributed by atoms with Crippen LogP contribution in [0.15, 0.2) is 121 Å². The molecule has 5 aromatic carbocycles. The van der Waals surface area contributed by atoms with Crippen molar-refractivity contribution in [1.82, 2.24) is 9.21 Å². The highest BCUT2D eigenvalue weighted by Crippen LogP contribution is 2.51. The van der Waals surface area contributed by atoms with Gasteiger partial charge in [0.1, 0.15) is 11.5 Å². The average Bonchev–Trinajstić information content (AvgIpc) is 3.85. The molecule has 1 aliphatic carbocycles. The molecule has 5 atom stereocenters. The van der Waals surface area contributed by atoms with E-state index >= 15 is 0 Å². The Labute approximate surface area is 416 Å². The summed E-state index contributed by atoms with van der Waals surface area (Å²) < 4.78 is 31.9. The molecule has 0 bridgehead atoms. The van der Waals surface area contributed by atoms with Gasteiger partial charge in [-0.15, -0.1) is 0 Å². The highest BCUT2D eigenvalue weighted by molar-refractivity contribution is 7.88. The second-order valence-electron chi connectivity index (χ2n) is 21.3. The van der Waals surface area contributed by atoms with Crippen molar-refractivity contribution in [2.75, 3.05) is 113 Å². The highest BCUT2D eigenvalue weighted by Gasteiger charge is 2.45. The molecule has 8 rings (SSSR count). The molecule has 3 fully saturated rings. The quantitative estimate of drug-likeness (QED) is 0.0861. The van der Waals surface area contributed by atoms with Crippen molar-refractivity contribution in [1.29, 1.82) is 0 Å². The molecule has 1 saturated carbocycles. The van der Waals surface area contributed by atoms with E-state index in [9.17, 15) is 8.42 Å². The van der Waals surface area contributed by atoms with Crippen molar-refractivity contribution in [3.63, 3.8) is 0 Å². The van der Waals surface area contributed by atoms with E-state index in [1.165, 1.54) is 77.7 Å². The molecule has 10 heteroatoms. The zero-order valence-electron chi connectivity index (χ0n) is 43.1. The predicted octanol–water partition coefficient (Wildman–Crippen LogP) is 11.9. The number of likely N-dealkylation sites (N-methyl/N-ethyl adjacent to an activating group) is 2. The van der Waals surface area contributed by atoms with E-state index in [-0.39, 0.29) is 0 Å². The smallest absolute Gasteiger partial charge is 0.211 e. The lowest BCUT2D eigenvalue weighted by Gasteiger charge is -2.48. The number of hydrogen-bond acceptors (Lipinski definition) is 8. The van der Waals surface area contributed by atoms with Gasteiger partial charge in [-0.25, -0.2) is 8.42 Å². The van der Waals surface area contributed by atoms with Gasteiger partial charge in [0.25, 0.3) is 0 Å². The van der Waals surface area contributed by atoms with E-state index < -0.39 is 10.0 Å². The van der Waals surface area contributed by atoms with Crippen LogP contribution in [0.25, 0.3) is 0 Å².